The number of pyridine rings is 1. The average Bonchev–Trinajstić information content (AvgIpc) is 2.80. The number of carbonyl (C=O) groups excluding carboxylic acids is 1. The van der Waals surface area contributed by atoms with Crippen LogP contribution in [0.5, 0.6) is 0 Å². The van der Waals surface area contributed by atoms with Crippen LogP contribution in [0.2, 0.25) is 0 Å². The van der Waals surface area contributed by atoms with Crippen LogP contribution in [-0.2, 0) is 14.8 Å². The lowest BCUT2D eigenvalue weighted by Crippen LogP contribution is -2.26. The predicted octanol–water partition coefficient (Wildman–Crippen LogP) is -0.0897. The van der Waals surface area contributed by atoms with Crippen molar-refractivity contribution >= 4 is 33.1 Å². The van der Waals surface area contributed by atoms with E-state index in [4.69, 9.17) is 5.11 Å². The summed E-state index contributed by atoms with van der Waals surface area (Å²) in [7, 11) is -3.34. The number of nitrogens with one attached hydrogen (secondary N) is 2. The maximum absolute atomic E-state index is 11.7. The summed E-state index contributed by atoms with van der Waals surface area (Å²) in [6, 6.07) is 3.05. The summed E-state index contributed by atoms with van der Waals surface area (Å²) in [6.07, 6.45) is 3.71. The highest BCUT2D eigenvalue weighted by Gasteiger charge is 2.12. The number of carboxylic acid groups (broad SMARTS) is 1. The zero-order chi connectivity index (χ0) is 16.3. The minimum atomic E-state index is -3.34. The van der Waals surface area contributed by atoms with Gasteiger partial charge in [0.05, 0.1) is 18.0 Å². The predicted molar refractivity (Wildman–Crippen MR) is 78.2 cm³/mol. The van der Waals surface area contributed by atoms with Gasteiger partial charge in [0.15, 0.2) is 0 Å². The quantitative estimate of drug-likeness (QED) is 0.680. The fourth-order valence-corrected chi connectivity index (χ4v) is 2.27. The Morgan fingerprint density at radius 3 is 2.77 bits per heavy atom. The van der Waals surface area contributed by atoms with E-state index in [9.17, 15) is 18.0 Å². The summed E-state index contributed by atoms with van der Waals surface area (Å²) in [5, 5.41) is 15.5. The average molecular weight is 326 g/mol. The molecular weight excluding hydrogens is 312 g/mol. The van der Waals surface area contributed by atoms with Crippen molar-refractivity contribution in [2.45, 2.75) is 6.42 Å². The third-order valence-electron chi connectivity index (χ3n) is 2.75. The molecule has 2 rings (SSSR count). The van der Waals surface area contributed by atoms with Crippen molar-refractivity contribution in [2.24, 2.45) is 0 Å². The van der Waals surface area contributed by atoms with Gasteiger partial charge in [-0.25, -0.2) is 22.4 Å². The van der Waals surface area contributed by atoms with Gasteiger partial charge in [0, 0.05) is 24.8 Å². The first kappa shape index (κ1) is 15.9. The maximum Gasteiger partial charge on any atom is 0.339 e. The Morgan fingerprint density at radius 1 is 1.41 bits per heavy atom. The Bertz CT molecular complexity index is 827. The number of amides is 1. The first-order valence-electron chi connectivity index (χ1n) is 6.21. The number of nitrogens with zero attached hydrogens (tertiary/aromatic N) is 2. The van der Waals surface area contributed by atoms with Gasteiger partial charge in [0.25, 0.3) is 0 Å². The van der Waals surface area contributed by atoms with Crippen molar-refractivity contribution in [3.8, 4) is 0 Å². The number of aromatic carboxylic acids is 1. The second kappa shape index (κ2) is 6.12. The minimum Gasteiger partial charge on any atom is -0.478 e. The Balaban J connectivity index is 2.06. The third-order valence-corrected chi connectivity index (χ3v) is 3.48. The molecule has 9 nitrogen and oxygen atoms in total. The highest BCUT2D eigenvalue weighted by Crippen LogP contribution is 2.16. The number of carbonyl (C=O) groups is 2. The first-order valence-corrected chi connectivity index (χ1v) is 8.10. The van der Waals surface area contributed by atoms with Gasteiger partial charge in [-0.3, -0.25) is 4.79 Å². The summed E-state index contributed by atoms with van der Waals surface area (Å²) in [4.78, 5) is 22.7. The maximum atomic E-state index is 11.7. The molecule has 0 aromatic carbocycles. The molecule has 0 radical (unpaired) electrons. The van der Waals surface area contributed by atoms with Crippen LogP contribution >= 0.6 is 0 Å². The van der Waals surface area contributed by atoms with E-state index in [0.29, 0.717) is 11.2 Å². The van der Waals surface area contributed by atoms with Crippen molar-refractivity contribution in [1.29, 1.82) is 0 Å². The van der Waals surface area contributed by atoms with Crippen molar-refractivity contribution in [3.05, 3.63) is 30.1 Å². The molecule has 0 atom stereocenters. The number of rotatable bonds is 6. The molecule has 1 amide bonds. The van der Waals surface area contributed by atoms with Gasteiger partial charge in [-0.1, -0.05) is 0 Å². The third kappa shape index (κ3) is 4.02. The molecule has 0 aliphatic rings. The van der Waals surface area contributed by atoms with Crippen LogP contribution in [0.4, 0.5) is 5.69 Å². The van der Waals surface area contributed by atoms with E-state index in [2.05, 4.69) is 15.1 Å². The molecule has 0 unspecified atom stereocenters. The topological polar surface area (TPSA) is 130 Å². The van der Waals surface area contributed by atoms with Crippen LogP contribution in [0.3, 0.4) is 0 Å². The van der Waals surface area contributed by atoms with E-state index in [1.54, 1.807) is 6.07 Å². The minimum absolute atomic E-state index is 0.0139. The highest BCUT2D eigenvalue weighted by molar-refractivity contribution is 7.88. The molecule has 2 aromatic heterocycles. The van der Waals surface area contributed by atoms with E-state index >= 15 is 0 Å². The number of aromatic nitrogens is 2. The number of carboxylic acids is 1. The molecule has 2 aromatic rings. The Kier molecular flexibility index (Phi) is 4.43. The van der Waals surface area contributed by atoms with Gasteiger partial charge in [0.2, 0.25) is 15.9 Å². The smallest absolute Gasteiger partial charge is 0.339 e. The van der Waals surface area contributed by atoms with Crippen molar-refractivity contribution < 1.29 is 23.1 Å². The molecular formula is C12H14N4O5S. The number of hydrogen-bond donors (Lipinski definition) is 3. The van der Waals surface area contributed by atoms with Crippen LogP contribution in [0.1, 0.15) is 16.8 Å². The van der Waals surface area contributed by atoms with Crippen molar-refractivity contribution in [2.75, 3.05) is 18.1 Å². The molecule has 3 N–H and O–H groups in total. The largest absolute Gasteiger partial charge is 0.478 e. The van der Waals surface area contributed by atoms with E-state index in [1.165, 1.54) is 23.0 Å². The zero-order valence-corrected chi connectivity index (χ0v) is 12.4. The lowest BCUT2D eigenvalue weighted by Gasteiger charge is -2.06. The second-order valence-corrected chi connectivity index (χ2v) is 6.41. The molecule has 10 heteroatoms. The summed E-state index contributed by atoms with van der Waals surface area (Å²) in [5.74, 6) is -1.51. The molecule has 0 saturated carbocycles. The summed E-state index contributed by atoms with van der Waals surface area (Å²) >= 11 is 0. The number of sulfonamides is 1. The normalized spacial score (nSPS) is 11.5. The zero-order valence-electron chi connectivity index (χ0n) is 11.6. The number of hydrogen-bond acceptors (Lipinski definition) is 5. The molecule has 0 bridgehead atoms. The van der Waals surface area contributed by atoms with E-state index in [0.717, 1.165) is 6.26 Å². The van der Waals surface area contributed by atoms with Crippen molar-refractivity contribution in [3.63, 3.8) is 0 Å². The monoisotopic (exact) mass is 326 g/mol. The van der Waals surface area contributed by atoms with E-state index in [1.807, 2.05) is 0 Å². The van der Waals surface area contributed by atoms with Crippen LogP contribution < -0.4 is 10.0 Å². The van der Waals surface area contributed by atoms with Crippen LogP contribution in [0.25, 0.3) is 5.52 Å². The fraction of sp³-hybridized carbons (Fsp3) is 0.250. The van der Waals surface area contributed by atoms with Gasteiger partial charge >= 0.3 is 5.97 Å². The SMILES string of the molecule is CS(=O)(=O)NCCC(=O)Nc1ccn2ncc(C(=O)O)c2c1. The van der Waals surface area contributed by atoms with E-state index < -0.39 is 21.9 Å². The Labute approximate surface area is 126 Å². The molecule has 2 heterocycles. The van der Waals surface area contributed by atoms with E-state index in [-0.39, 0.29) is 18.5 Å². The molecule has 0 aliphatic carbocycles. The van der Waals surface area contributed by atoms with Crippen molar-refractivity contribution in [1.82, 2.24) is 14.3 Å². The molecule has 22 heavy (non-hydrogen) atoms. The Hall–Kier alpha value is -2.46. The second-order valence-electron chi connectivity index (χ2n) is 4.57. The summed E-state index contributed by atoms with van der Waals surface area (Å²) < 4.78 is 25.3. The van der Waals surface area contributed by atoms with Crippen LogP contribution in [0.15, 0.2) is 24.5 Å². The molecule has 0 saturated heterocycles. The molecule has 0 fully saturated rings. The van der Waals surface area contributed by atoms with Gasteiger partial charge in [-0.2, -0.15) is 5.10 Å². The molecule has 118 valence electrons. The number of anilines is 1. The lowest BCUT2D eigenvalue weighted by molar-refractivity contribution is -0.116. The standard InChI is InChI=1S/C12H14N4O5S/c1-22(20,21)14-4-2-11(17)15-8-3-5-16-10(6-8)9(7-13-16)12(18)19/h3,5-7,14H,2,4H2,1H3,(H,15,17)(H,18,19). The summed E-state index contributed by atoms with van der Waals surface area (Å²) in [6.45, 7) is -0.0139. The van der Waals surface area contributed by atoms with Gasteiger partial charge in [-0.05, 0) is 12.1 Å². The van der Waals surface area contributed by atoms with Gasteiger partial charge in [0.1, 0.15) is 5.56 Å². The summed E-state index contributed by atoms with van der Waals surface area (Å²) in [5.41, 5.74) is 0.772. The Morgan fingerprint density at radius 2 is 2.14 bits per heavy atom. The highest BCUT2D eigenvalue weighted by atomic mass is 32.2. The fourth-order valence-electron chi connectivity index (χ4n) is 1.80. The molecule has 0 spiro atoms. The van der Waals surface area contributed by atoms with Crippen LogP contribution in [-0.4, -0.2) is 47.8 Å². The van der Waals surface area contributed by atoms with Gasteiger partial charge in [-0.15, -0.1) is 0 Å². The van der Waals surface area contributed by atoms with Crippen LogP contribution in [0, 0.1) is 0 Å². The first-order chi connectivity index (χ1) is 10.3. The lowest BCUT2D eigenvalue weighted by atomic mass is 10.2. The van der Waals surface area contributed by atoms with Gasteiger partial charge < -0.3 is 10.4 Å². The number of fused-ring (bicyclic) bond motifs is 1. The molecule has 0 aliphatic heterocycles.